The summed E-state index contributed by atoms with van der Waals surface area (Å²) in [5.74, 6) is -0.769. The van der Waals surface area contributed by atoms with Crippen molar-refractivity contribution in [2.24, 2.45) is 5.73 Å². The second-order valence-electron chi connectivity index (χ2n) is 5.10. The van der Waals surface area contributed by atoms with E-state index in [9.17, 15) is 9.59 Å². The third-order valence-corrected chi connectivity index (χ3v) is 4.48. The molecule has 23 heavy (non-hydrogen) atoms. The zero-order valence-corrected chi connectivity index (χ0v) is 14.3. The number of carbonyl (C=O) groups excluding carboxylic acids is 2. The molecule has 2 heterocycles. The number of aromatic nitrogens is 1. The summed E-state index contributed by atoms with van der Waals surface area (Å²) in [4.78, 5) is 29.5. The van der Waals surface area contributed by atoms with Crippen LogP contribution in [0.5, 0.6) is 0 Å². The fraction of sp³-hybridized carbons (Fsp3) is 0.267. The molecule has 0 saturated heterocycles. The largest absolute Gasteiger partial charge is 0.366 e. The summed E-state index contributed by atoms with van der Waals surface area (Å²) in [6.45, 7) is 2.34. The van der Waals surface area contributed by atoms with E-state index in [-0.39, 0.29) is 5.91 Å². The number of primary amides is 1. The summed E-state index contributed by atoms with van der Waals surface area (Å²) in [5, 5.41) is 5.36. The lowest BCUT2D eigenvalue weighted by Gasteiger charge is -2.23. The fourth-order valence-corrected chi connectivity index (χ4v) is 2.85. The zero-order chi connectivity index (χ0) is 17.0. The van der Waals surface area contributed by atoms with Crippen LogP contribution in [0.4, 0.5) is 5.00 Å². The molecule has 0 fully saturated rings. The average Bonchev–Trinajstić information content (AvgIpc) is 2.97. The first-order chi connectivity index (χ1) is 10.9. The van der Waals surface area contributed by atoms with Crippen LogP contribution in [-0.2, 0) is 11.3 Å². The molecule has 2 amide bonds. The molecule has 0 saturated carbocycles. The maximum Gasteiger partial charge on any atom is 0.251 e. The summed E-state index contributed by atoms with van der Waals surface area (Å²) in [7, 11) is 1.84. The average molecular weight is 353 g/mol. The van der Waals surface area contributed by atoms with Crippen LogP contribution in [0.3, 0.4) is 0 Å². The first-order valence-corrected chi connectivity index (χ1v) is 8.13. The number of anilines is 1. The number of likely N-dealkylation sites (N-methyl/N-ethyl adjacent to an activating group) is 1. The lowest BCUT2D eigenvalue weighted by Crippen LogP contribution is -2.39. The van der Waals surface area contributed by atoms with E-state index in [1.807, 2.05) is 18.0 Å². The summed E-state index contributed by atoms with van der Waals surface area (Å²) in [6.07, 6.45) is 1.67. The van der Waals surface area contributed by atoms with Gasteiger partial charge in [-0.05, 0) is 37.0 Å². The number of nitrogens with zero attached hydrogens (tertiary/aromatic N) is 2. The number of halogens is 1. The Hall–Kier alpha value is -1.96. The second kappa shape index (κ2) is 7.54. The predicted molar refractivity (Wildman–Crippen MR) is 91.6 cm³/mol. The van der Waals surface area contributed by atoms with Crippen LogP contribution in [0.25, 0.3) is 0 Å². The van der Waals surface area contributed by atoms with E-state index in [2.05, 4.69) is 10.3 Å². The van der Waals surface area contributed by atoms with Gasteiger partial charge in [0.05, 0.1) is 11.6 Å². The number of thiophene rings is 1. The van der Waals surface area contributed by atoms with Gasteiger partial charge in [0.1, 0.15) is 10.2 Å². The number of pyridine rings is 1. The van der Waals surface area contributed by atoms with E-state index in [1.54, 1.807) is 30.6 Å². The Balaban J connectivity index is 1.99. The highest BCUT2D eigenvalue weighted by Crippen LogP contribution is 2.23. The van der Waals surface area contributed by atoms with Crippen molar-refractivity contribution in [2.75, 3.05) is 12.4 Å². The molecule has 0 aromatic carbocycles. The van der Waals surface area contributed by atoms with Gasteiger partial charge < -0.3 is 11.1 Å². The molecule has 6 nitrogen and oxygen atoms in total. The maximum absolute atomic E-state index is 12.3. The van der Waals surface area contributed by atoms with E-state index in [0.717, 1.165) is 5.56 Å². The van der Waals surface area contributed by atoms with Gasteiger partial charge in [0, 0.05) is 12.7 Å². The van der Waals surface area contributed by atoms with Crippen molar-refractivity contribution in [3.05, 3.63) is 46.1 Å². The number of hydrogen-bond acceptors (Lipinski definition) is 5. The lowest BCUT2D eigenvalue weighted by molar-refractivity contribution is -0.120. The lowest BCUT2D eigenvalue weighted by atomic mass is 10.2. The van der Waals surface area contributed by atoms with E-state index in [0.29, 0.717) is 22.3 Å². The summed E-state index contributed by atoms with van der Waals surface area (Å²) < 4.78 is 0. The van der Waals surface area contributed by atoms with Gasteiger partial charge in [-0.25, -0.2) is 4.98 Å². The van der Waals surface area contributed by atoms with Gasteiger partial charge in [0.15, 0.2) is 0 Å². The SMILES string of the molecule is C[C@@H](C(=O)Nc1sccc1C(N)=O)N(C)Cc1ccc(Cl)nc1. The molecule has 0 aliphatic carbocycles. The molecular weight excluding hydrogens is 336 g/mol. The molecule has 1 atom stereocenters. The van der Waals surface area contributed by atoms with E-state index >= 15 is 0 Å². The zero-order valence-electron chi connectivity index (χ0n) is 12.7. The van der Waals surface area contributed by atoms with Crippen molar-refractivity contribution in [1.82, 2.24) is 9.88 Å². The van der Waals surface area contributed by atoms with Crippen molar-refractivity contribution < 1.29 is 9.59 Å². The molecule has 122 valence electrons. The first kappa shape index (κ1) is 17.4. The van der Waals surface area contributed by atoms with Crippen LogP contribution in [0, 0.1) is 0 Å². The molecule has 0 bridgehead atoms. The molecule has 3 N–H and O–H groups in total. The van der Waals surface area contributed by atoms with Gasteiger partial charge >= 0.3 is 0 Å². The van der Waals surface area contributed by atoms with Gasteiger partial charge in [0.25, 0.3) is 5.91 Å². The highest BCUT2D eigenvalue weighted by Gasteiger charge is 2.20. The standard InChI is InChI=1S/C15H17ClN4O2S/c1-9(20(2)8-10-3-4-12(16)18-7-10)14(22)19-15-11(13(17)21)5-6-23-15/h3-7,9H,8H2,1-2H3,(H2,17,21)(H,19,22)/t9-/m0/s1. The molecule has 0 radical (unpaired) electrons. The third kappa shape index (κ3) is 4.51. The summed E-state index contributed by atoms with van der Waals surface area (Å²) in [5.41, 5.74) is 6.54. The van der Waals surface area contributed by atoms with Crippen molar-refractivity contribution in [3.63, 3.8) is 0 Å². The third-order valence-electron chi connectivity index (χ3n) is 3.43. The van der Waals surface area contributed by atoms with Crippen LogP contribution >= 0.6 is 22.9 Å². The van der Waals surface area contributed by atoms with Crippen molar-refractivity contribution in [2.45, 2.75) is 19.5 Å². The van der Waals surface area contributed by atoms with Gasteiger partial charge in [-0.3, -0.25) is 14.5 Å². The molecule has 0 unspecified atom stereocenters. The van der Waals surface area contributed by atoms with Gasteiger partial charge in [0.2, 0.25) is 5.91 Å². The number of nitrogens with one attached hydrogen (secondary N) is 1. The van der Waals surface area contributed by atoms with E-state index < -0.39 is 11.9 Å². The Morgan fingerprint density at radius 1 is 1.43 bits per heavy atom. The van der Waals surface area contributed by atoms with Crippen LogP contribution in [0.1, 0.15) is 22.8 Å². The molecule has 0 spiro atoms. The normalized spacial score (nSPS) is 12.2. The Bertz CT molecular complexity index is 702. The number of carbonyl (C=O) groups is 2. The quantitative estimate of drug-likeness (QED) is 0.781. The van der Waals surface area contributed by atoms with Gasteiger partial charge in [-0.2, -0.15) is 0 Å². The minimum absolute atomic E-state index is 0.209. The fourth-order valence-electron chi connectivity index (χ4n) is 1.94. The van der Waals surface area contributed by atoms with Gasteiger partial charge in [-0.15, -0.1) is 11.3 Å². The van der Waals surface area contributed by atoms with E-state index in [4.69, 9.17) is 17.3 Å². The van der Waals surface area contributed by atoms with Crippen LogP contribution in [0.15, 0.2) is 29.8 Å². The molecular formula is C15H17ClN4O2S. The number of nitrogens with two attached hydrogens (primary N) is 1. The van der Waals surface area contributed by atoms with Crippen LogP contribution < -0.4 is 11.1 Å². The van der Waals surface area contributed by atoms with Crippen molar-refractivity contribution >= 4 is 39.8 Å². The molecule has 2 aromatic heterocycles. The van der Waals surface area contributed by atoms with Crippen molar-refractivity contribution in [1.29, 1.82) is 0 Å². The molecule has 8 heteroatoms. The number of rotatable bonds is 6. The Labute approximate surface area is 143 Å². The molecule has 2 rings (SSSR count). The minimum Gasteiger partial charge on any atom is -0.366 e. The smallest absolute Gasteiger partial charge is 0.251 e. The first-order valence-electron chi connectivity index (χ1n) is 6.87. The van der Waals surface area contributed by atoms with Gasteiger partial charge in [-0.1, -0.05) is 17.7 Å². The van der Waals surface area contributed by atoms with Crippen molar-refractivity contribution in [3.8, 4) is 0 Å². The highest BCUT2D eigenvalue weighted by atomic mass is 35.5. The monoisotopic (exact) mass is 352 g/mol. The number of amides is 2. The molecule has 0 aliphatic rings. The van der Waals surface area contributed by atoms with Crippen LogP contribution in [0.2, 0.25) is 5.15 Å². The molecule has 0 aliphatic heterocycles. The topological polar surface area (TPSA) is 88.3 Å². The van der Waals surface area contributed by atoms with Crippen LogP contribution in [-0.4, -0.2) is 34.8 Å². The summed E-state index contributed by atoms with van der Waals surface area (Å²) >= 11 is 7.02. The summed E-state index contributed by atoms with van der Waals surface area (Å²) in [6, 6.07) is 4.77. The van der Waals surface area contributed by atoms with E-state index in [1.165, 1.54) is 11.3 Å². The maximum atomic E-state index is 12.3. The number of hydrogen-bond donors (Lipinski definition) is 2. The second-order valence-corrected chi connectivity index (χ2v) is 6.40. The predicted octanol–water partition coefficient (Wildman–Crippen LogP) is 2.35. The molecule has 2 aromatic rings. The Kier molecular flexibility index (Phi) is 5.70. The minimum atomic E-state index is -0.560. The Morgan fingerprint density at radius 2 is 2.17 bits per heavy atom. The Morgan fingerprint density at radius 3 is 2.78 bits per heavy atom. The highest BCUT2D eigenvalue weighted by molar-refractivity contribution is 7.14.